The van der Waals surface area contributed by atoms with Crippen molar-refractivity contribution in [2.75, 3.05) is 33.4 Å². The fourth-order valence-electron chi connectivity index (χ4n) is 5.23. The number of aliphatic hydroxyl groups excluding tert-OH is 1. The van der Waals surface area contributed by atoms with Gasteiger partial charge >= 0.3 is 0 Å². The zero-order valence-corrected chi connectivity index (χ0v) is 21.9. The van der Waals surface area contributed by atoms with E-state index < -0.39 is 41.6 Å². The second kappa shape index (κ2) is 12.8. The number of halogens is 4. The monoisotopic (exact) mass is 565 g/mol. The first-order valence-corrected chi connectivity index (χ1v) is 12.9. The number of carbonyl (C=O) groups excluding carboxylic acids is 1. The molecule has 0 radical (unpaired) electrons. The Labute approximate surface area is 228 Å². The average molecular weight is 566 g/mol. The molecular weight excluding hydrogens is 534 g/mol. The van der Waals surface area contributed by atoms with Gasteiger partial charge in [0.25, 0.3) is 0 Å². The number of methoxy groups -OCH3 is 1. The van der Waals surface area contributed by atoms with Crippen LogP contribution in [-0.4, -0.2) is 59.5 Å². The molecule has 2 aromatic carbocycles. The summed E-state index contributed by atoms with van der Waals surface area (Å²) >= 11 is 0. The number of benzene rings is 2. The highest BCUT2D eigenvalue weighted by Gasteiger charge is 2.41. The molecule has 8 nitrogen and oxygen atoms in total. The number of ether oxygens (including phenoxy) is 2. The number of aromatic nitrogens is 1. The smallest absolute Gasteiger partial charge is 0.249 e. The van der Waals surface area contributed by atoms with Gasteiger partial charge in [-0.1, -0.05) is 0 Å². The van der Waals surface area contributed by atoms with Crippen LogP contribution in [0.25, 0.3) is 10.9 Å². The van der Waals surface area contributed by atoms with Crippen molar-refractivity contribution in [3.63, 3.8) is 0 Å². The van der Waals surface area contributed by atoms with E-state index >= 15 is 4.39 Å². The van der Waals surface area contributed by atoms with Gasteiger partial charge in [-0.25, -0.2) is 23.0 Å². The number of nitrogens with zero attached hydrogens (tertiary/aromatic N) is 2. The number of fused-ring (bicyclic) bond motifs is 1. The van der Waals surface area contributed by atoms with Crippen LogP contribution in [0.1, 0.15) is 43.0 Å². The van der Waals surface area contributed by atoms with Crippen molar-refractivity contribution in [3.8, 4) is 11.5 Å². The molecule has 0 spiro atoms. The lowest BCUT2D eigenvalue weighted by Crippen LogP contribution is -2.49. The second-order valence-corrected chi connectivity index (χ2v) is 9.86. The SMILES string of the molecule is COc1ccc2ncc(CO)c(C(F)CCC3(C(=O)NO)CCN(CCOc4cc(F)c(F)c(F)c4)CC3)c2c1. The molecule has 1 unspecified atom stereocenters. The predicted molar refractivity (Wildman–Crippen MR) is 137 cm³/mol. The van der Waals surface area contributed by atoms with Crippen molar-refractivity contribution in [2.45, 2.75) is 38.5 Å². The normalized spacial score (nSPS) is 16.1. The molecule has 0 bridgehead atoms. The number of alkyl halides is 1. The van der Waals surface area contributed by atoms with Crippen LogP contribution in [0.5, 0.6) is 11.5 Å². The first-order valence-electron chi connectivity index (χ1n) is 12.9. The number of hydrogen-bond donors (Lipinski definition) is 3. The minimum Gasteiger partial charge on any atom is -0.497 e. The third-order valence-corrected chi connectivity index (χ3v) is 7.59. The van der Waals surface area contributed by atoms with E-state index in [1.165, 1.54) is 13.3 Å². The summed E-state index contributed by atoms with van der Waals surface area (Å²) in [6.45, 7) is 0.882. The van der Waals surface area contributed by atoms with Gasteiger partial charge in [0, 0.05) is 41.4 Å². The fraction of sp³-hybridized carbons (Fsp3) is 0.429. The van der Waals surface area contributed by atoms with Crippen LogP contribution >= 0.6 is 0 Å². The number of likely N-dealkylation sites (tertiary alicyclic amines) is 1. The van der Waals surface area contributed by atoms with Crippen LogP contribution in [0.15, 0.2) is 36.5 Å². The first kappa shape index (κ1) is 29.5. The van der Waals surface area contributed by atoms with Crippen LogP contribution in [0, 0.1) is 22.9 Å². The molecule has 0 aliphatic carbocycles. The lowest BCUT2D eigenvalue weighted by molar-refractivity contribution is -0.143. The molecule has 1 aliphatic rings. The minimum absolute atomic E-state index is 0.0401. The van der Waals surface area contributed by atoms with Crippen molar-refractivity contribution in [1.29, 1.82) is 0 Å². The van der Waals surface area contributed by atoms with Gasteiger partial charge in [0.05, 0.1) is 24.6 Å². The molecule has 216 valence electrons. The Morgan fingerprint density at radius 3 is 2.48 bits per heavy atom. The molecular formula is C28H31F4N3O5. The number of amides is 1. The van der Waals surface area contributed by atoms with Crippen LogP contribution in [0.3, 0.4) is 0 Å². The molecule has 40 heavy (non-hydrogen) atoms. The van der Waals surface area contributed by atoms with Crippen LogP contribution in [0.2, 0.25) is 0 Å². The summed E-state index contributed by atoms with van der Waals surface area (Å²) in [5.41, 5.74) is 1.87. The zero-order chi connectivity index (χ0) is 28.9. The summed E-state index contributed by atoms with van der Waals surface area (Å²) < 4.78 is 66.4. The van der Waals surface area contributed by atoms with Crippen LogP contribution < -0.4 is 15.0 Å². The molecule has 1 aliphatic heterocycles. The van der Waals surface area contributed by atoms with Gasteiger partial charge in [-0.2, -0.15) is 0 Å². The highest BCUT2D eigenvalue weighted by Crippen LogP contribution is 2.41. The maximum atomic E-state index is 15.8. The highest BCUT2D eigenvalue weighted by atomic mass is 19.2. The van der Waals surface area contributed by atoms with E-state index in [0.29, 0.717) is 54.7 Å². The van der Waals surface area contributed by atoms with Crippen molar-refractivity contribution in [1.82, 2.24) is 15.4 Å². The molecule has 3 aromatic rings. The summed E-state index contributed by atoms with van der Waals surface area (Å²) in [6, 6.07) is 6.61. The first-order chi connectivity index (χ1) is 19.2. The van der Waals surface area contributed by atoms with Gasteiger partial charge in [0.2, 0.25) is 5.91 Å². The number of aliphatic hydroxyl groups is 1. The van der Waals surface area contributed by atoms with Gasteiger partial charge in [-0.15, -0.1) is 0 Å². The topological polar surface area (TPSA) is 104 Å². The Balaban J connectivity index is 1.41. The van der Waals surface area contributed by atoms with E-state index in [4.69, 9.17) is 9.47 Å². The Kier molecular flexibility index (Phi) is 9.44. The van der Waals surface area contributed by atoms with E-state index in [1.54, 1.807) is 23.7 Å². The number of hydroxylamine groups is 1. The minimum atomic E-state index is -1.57. The van der Waals surface area contributed by atoms with E-state index in [2.05, 4.69) is 4.98 Å². The van der Waals surface area contributed by atoms with E-state index in [-0.39, 0.29) is 30.8 Å². The van der Waals surface area contributed by atoms with E-state index in [0.717, 1.165) is 12.1 Å². The van der Waals surface area contributed by atoms with Gasteiger partial charge in [0.1, 0.15) is 24.3 Å². The van der Waals surface area contributed by atoms with E-state index in [9.17, 15) is 28.3 Å². The Bertz CT molecular complexity index is 1320. The molecule has 1 aromatic heterocycles. The largest absolute Gasteiger partial charge is 0.497 e. The standard InChI is InChI=1S/C28H31F4N3O5/c1-39-18-2-3-24-20(12-18)25(17(16-36)15-33-24)21(29)4-5-28(27(37)34-38)6-8-35(9-7-28)10-11-40-19-13-22(30)26(32)23(31)14-19/h2-3,12-15,21,36,38H,4-11,16H2,1H3,(H,34,37). The number of hydrogen-bond acceptors (Lipinski definition) is 7. The number of rotatable bonds is 11. The lowest BCUT2D eigenvalue weighted by Gasteiger charge is -2.40. The molecule has 3 N–H and O–H groups in total. The Hall–Kier alpha value is -3.48. The highest BCUT2D eigenvalue weighted by molar-refractivity contribution is 5.85. The van der Waals surface area contributed by atoms with Gasteiger partial charge < -0.3 is 14.6 Å². The summed E-state index contributed by atoms with van der Waals surface area (Å²) in [5.74, 6) is -4.48. The molecule has 12 heteroatoms. The van der Waals surface area contributed by atoms with Gasteiger partial charge in [-0.05, 0) is 57.0 Å². The third-order valence-electron chi connectivity index (χ3n) is 7.59. The molecule has 2 heterocycles. The van der Waals surface area contributed by atoms with Gasteiger partial charge in [-0.3, -0.25) is 19.9 Å². The molecule has 1 amide bonds. The summed E-state index contributed by atoms with van der Waals surface area (Å²) in [7, 11) is 1.50. The molecule has 4 rings (SSSR count). The van der Waals surface area contributed by atoms with Crippen LogP contribution in [0.4, 0.5) is 17.6 Å². The summed E-state index contributed by atoms with van der Waals surface area (Å²) in [5, 5.41) is 19.8. The van der Waals surface area contributed by atoms with Crippen LogP contribution in [-0.2, 0) is 11.4 Å². The molecule has 1 fully saturated rings. The molecule has 1 saturated heterocycles. The quantitative estimate of drug-likeness (QED) is 0.135. The molecule has 1 atom stereocenters. The summed E-state index contributed by atoms with van der Waals surface area (Å²) in [4.78, 5) is 19.0. The third kappa shape index (κ3) is 6.29. The number of carbonyl (C=O) groups is 1. The number of nitrogens with one attached hydrogen (secondary N) is 1. The van der Waals surface area contributed by atoms with Crippen molar-refractivity contribution in [2.24, 2.45) is 5.41 Å². The maximum absolute atomic E-state index is 15.8. The van der Waals surface area contributed by atoms with Gasteiger partial charge in [0.15, 0.2) is 17.5 Å². The zero-order valence-electron chi connectivity index (χ0n) is 21.9. The second-order valence-electron chi connectivity index (χ2n) is 9.86. The number of pyridine rings is 1. The lowest BCUT2D eigenvalue weighted by atomic mass is 9.73. The average Bonchev–Trinajstić information content (AvgIpc) is 2.97. The number of piperidine rings is 1. The summed E-state index contributed by atoms with van der Waals surface area (Å²) in [6.07, 6.45) is 0.653. The Morgan fingerprint density at radius 1 is 1.15 bits per heavy atom. The van der Waals surface area contributed by atoms with Crippen molar-refractivity contribution >= 4 is 16.8 Å². The predicted octanol–water partition coefficient (Wildman–Crippen LogP) is 4.61. The fourth-order valence-corrected chi connectivity index (χ4v) is 5.23. The van der Waals surface area contributed by atoms with E-state index in [1.807, 2.05) is 4.90 Å². The van der Waals surface area contributed by atoms with Crippen molar-refractivity contribution in [3.05, 3.63) is 65.1 Å². The maximum Gasteiger partial charge on any atom is 0.249 e. The van der Waals surface area contributed by atoms with Crippen molar-refractivity contribution < 1.29 is 42.1 Å². The Morgan fingerprint density at radius 2 is 1.85 bits per heavy atom. The molecule has 0 saturated carbocycles.